The molecule has 0 amide bonds. The van der Waals surface area contributed by atoms with E-state index in [9.17, 15) is 4.79 Å². The normalized spacial score (nSPS) is 18.0. The number of carbonyl (C=O) groups excluding carboxylic acids is 1. The molecule has 148 valence electrons. The van der Waals surface area contributed by atoms with Gasteiger partial charge in [0.1, 0.15) is 12.0 Å². The third-order valence-corrected chi connectivity index (χ3v) is 5.30. The highest BCUT2D eigenvalue weighted by molar-refractivity contribution is 7.99. The third kappa shape index (κ3) is 5.42. The van der Waals surface area contributed by atoms with Crippen LogP contribution in [0.25, 0.3) is 0 Å². The molecule has 1 N–H and O–H groups in total. The van der Waals surface area contributed by atoms with E-state index >= 15 is 0 Å². The van der Waals surface area contributed by atoms with E-state index < -0.39 is 5.72 Å². The number of hydrogen-bond acceptors (Lipinski definition) is 7. The molecule has 0 saturated heterocycles. The van der Waals surface area contributed by atoms with E-state index in [1.54, 1.807) is 18.7 Å². The quantitative estimate of drug-likeness (QED) is 0.645. The second-order valence-corrected chi connectivity index (χ2v) is 7.46. The predicted molar refractivity (Wildman–Crippen MR) is 109 cm³/mol. The summed E-state index contributed by atoms with van der Waals surface area (Å²) < 4.78 is 16.4. The van der Waals surface area contributed by atoms with Crippen molar-refractivity contribution in [3.05, 3.63) is 71.9 Å². The van der Waals surface area contributed by atoms with Crippen LogP contribution in [0, 0.1) is 0 Å². The van der Waals surface area contributed by atoms with E-state index in [0.29, 0.717) is 18.8 Å². The molecule has 1 atom stereocenters. The molecule has 0 saturated carbocycles. The minimum absolute atomic E-state index is 0.212. The monoisotopic (exact) mass is 400 g/mol. The minimum atomic E-state index is -0.574. The molecule has 0 radical (unpaired) electrons. The van der Waals surface area contributed by atoms with E-state index in [-0.39, 0.29) is 5.97 Å². The predicted octanol–water partition coefficient (Wildman–Crippen LogP) is 3.59. The number of methoxy groups -OCH3 is 1. The van der Waals surface area contributed by atoms with Gasteiger partial charge in [-0.3, -0.25) is 9.78 Å². The van der Waals surface area contributed by atoms with E-state index in [2.05, 4.69) is 15.0 Å². The zero-order valence-electron chi connectivity index (χ0n) is 16.0. The van der Waals surface area contributed by atoms with Crippen molar-refractivity contribution in [2.75, 3.05) is 19.5 Å². The number of thioether (sulfide) groups is 1. The SMILES string of the molecule is COC(=O)CSCc1cccc(OCCC2=COC(C)(c3ccncc3)N2)c1. The first kappa shape index (κ1) is 20.1. The van der Waals surface area contributed by atoms with Gasteiger partial charge in [0.05, 0.1) is 25.2 Å². The first-order valence-corrected chi connectivity index (χ1v) is 10.2. The summed E-state index contributed by atoms with van der Waals surface area (Å²) in [4.78, 5) is 15.2. The summed E-state index contributed by atoms with van der Waals surface area (Å²) in [5.74, 6) is 1.68. The number of rotatable bonds is 9. The van der Waals surface area contributed by atoms with Gasteiger partial charge in [0.25, 0.3) is 0 Å². The number of benzene rings is 1. The second kappa shape index (κ2) is 9.50. The van der Waals surface area contributed by atoms with Gasteiger partial charge in [-0.25, -0.2) is 0 Å². The van der Waals surface area contributed by atoms with Gasteiger partial charge in [-0.15, -0.1) is 11.8 Å². The smallest absolute Gasteiger partial charge is 0.315 e. The number of aromatic nitrogens is 1. The van der Waals surface area contributed by atoms with Gasteiger partial charge in [0, 0.05) is 30.1 Å². The largest absolute Gasteiger partial charge is 0.493 e. The van der Waals surface area contributed by atoms with Crippen LogP contribution in [0.1, 0.15) is 24.5 Å². The molecule has 7 heteroatoms. The van der Waals surface area contributed by atoms with Gasteiger partial charge in [-0.05, 0) is 36.8 Å². The van der Waals surface area contributed by atoms with E-state index in [1.807, 2.05) is 43.3 Å². The Morgan fingerprint density at radius 2 is 2.11 bits per heavy atom. The molecule has 1 aromatic carbocycles. The molecule has 0 bridgehead atoms. The first-order chi connectivity index (χ1) is 13.6. The molecule has 2 heterocycles. The Balaban J connectivity index is 1.44. The first-order valence-electron chi connectivity index (χ1n) is 9.01. The van der Waals surface area contributed by atoms with Crippen LogP contribution < -0.4 is 10.1 Å². The highest BCUT2D eigenvalue weighted by atomic mass is 32.2. The number of esters is 1. The van der Waals surface area contributed by atoms with Crippen molar-refractivity contribution < 1.29 is 19.0 Å². The van der Waals surface area contributed by atoms with Crippen molar-refractivity contribution in [1.29, 1.82) is 0 Å². The number of pyridine rings is 1. The zero-order chi connectivity index (χ0) is 19.8. The Labute approximate surface area is 169 Å². The van der Waals surface area contributed by atoms with Gasteiger partial charge >= 0.3 is 5.97 Å². The molecule has 3 rings (SSSR count). The fourth-order valence-corrected chi connectivity index (χ4v) is 3.60. The molecule has 6 nitrogen and oxygen atoms in total. The second-order valence-electron chi connectivity index (χ2n) is 6.47. The number of ether oxygens (including phenoxy) is 3. The molecular formula is C21H24N2O4S. The Bertz CT molecular complexity index is 828. The molecule has 1 aliphatic heterocycles. The summed E-state index contributed by atoms with van der Waals surface area (Å²) in [6, 6.07) is 11.8. The lowest BCUT2D eigenvalue weighted by Crippen LogP contribution is -2.35. The average molecular weight is 401 g/mol. The van der Waals surface area contributed by atoms with E-state index in [4.69, 9.17) is 9.47 Å². The molecule has 2 aromatic rings. The minimum Gasteiger partial charge on any atom is -0.493 e. The van der Waals surface area contributed by atoms with Crippen LogP contribution in [0.3, 0.4) is 0 Å². The fourth-order valence-electron chi connectivity index (χ4n) is 2.80. The molecule has 28 heavy (non-hydrogen) atoms. The molecule has 1 aromatic heterocycles. The highest BCUT2D eigenvalue weighted by Gasteiger charge is 2.32. The average Bonchev–Trinajstić information content (AvgIpc) is 3.11. The maximum atomic E-state index is 11.2. The summed E-state index contributed by atoms with van der Waals surface area (Å²) in [7, 11) is 1.40. The van der Waals surface area contributed by atoms with Gasteiger partial charge in [-0.2, -0.15) is 0 Å². The topological polar surface area (TPSA) is 69.7 Å². The lowest BCUT2D eigenvalue weighted by molar-refractivity contribution is -0.137. The van der Waals surface area contributed by atoms with Crippen LogP contribution in [0.5, 0.6) is 5.75 Å². The summed E-state index contributed by atoms with van der Waals surface area (Å²) in [6.45, 7) is 2.52. The van der Waals surface area contributed by atoms with Crippen molar-refractivity contribution in [1.82, 2.24) is 10.3 Å². The Morgan fingerprint density at radius 3 is 2.89 bits per heavy atom. The van der Waals surface area contributed by atoms with Crippen molar-refractivity contribution in [3.8, 4) is 5.75 Å². The number of nitrogens with zero attached hydrogens (tertiary/aromatic N) is 1. The Morgan fingerprint density at radius 1 is 1.29 bits per heavy atom. The maximum absolute atomic E-state index is 11.2. The van der Waals surface area contributed by atoms with Crippen molar-refractivity contribution in [2.45, 2.75) is 24.8 Å². The van der Waals surface area contributed by atoms with Gasteiger partial charge in [0.2, 0.25) is 5.72 Å². The standard InChI is InChI=1S/C21H24N2O4S/c1-21(17-6-9-22-10-7-17)23-18(13-27-21)8-11-26-19-5-3-4-16(12-19)14-28-15-20(24)25-2/h3-7,9-10,12-13,23H,8,11,14-15H2,1-2H3. The van der Waals surface area contributed by atoms with Crippen LogP contribution >= 0.6 is 11.8 Å². The summed E-state index contributed by atoms with van der Waals surface area (Å²) in [5, 5.41) is 3.41. The van der Waals surface area contributed by atoms with Gasteiger partial charge in [-0.1, -0.05) is 12.1 Å². The van der Waals surface area contributed by atoms with Crippen LogP contribution in [0.4, 0.5) is 0 Å². The highest BCUT2D eigenvalue weighted by Crippen LogP contribution is 2.29. The molecular weight excluding hydrogens is 376 g/mol. The number of hydrogen-bond donors (Lipinski definition) is 1. The summed E-state index contributed by atoms with van der Waals surface area (Å²) in [6.07, 6.45) is 5.97. The maximum Gasteiger partial charge on any atom is 0.315 e. The van der Waals surface area contributed by atoms with Crippen LogP contribution in [0.2, 0.25) is 0 Å². The van der Waals surface area contributed by atoms with E-state index in [0.717, 1.165) is 28.3 Å². The molecule has 1 aliphatic rings. The molecule has 0 aliphatic carbocycles. The lowest BCUT2D eigenvalue weighted by Gasteiger charge is -2.25. The molecule has 0 fully saturated rings. The third-order valence-electron chi connectivity index (χ3n) is 4.32. The fraction of sp³-hybridized carbons (Fsp3) is 0.333. The van der Waals surface area contributed by atoms with Crippen molar-refractivity contribution in [2.24, 2.45) is 0 Å². The molecule has 0 spiro atoms. The van der Waals surface area contributed by atoms with Crippen molar-refractivity contribution in [3.63, 3.8) is 0 Å². The van der Waals surface area contributed by atoms with Gasteiger partial charge < -0.3 is 19.5 Å². The van der Waals surface area contributed by atoms with Crippen LogP contribution in [-0.4, -0.2) is 30.4 Å². The summed E-state index contributed by atoms with van der Waals surface area (Å²) in [5.41, 5.74) is 2.55. The lowest BCUT2D eigenvalue weighted by atomic mass is 10.1. The van der Waals surface area contributed by atoms with Crippen molar-refractivity contribution >= 4 is 17.7 Å². The zero-order valence-corrected chi connectivity index (χ0v) is 16.8. The summed E-state index contributed by atoms with van der Waals surface area (Å²) >= 11 is 1.52. The molecule has 1 unspecified atom stereocenters. The number of carbonyl (C=O) groups is 1. The van der Waals surface area contributed by atoms with Crippen LogP contribution in [-0.2, 0) is 25.7 Å². The Kier molecular flexibility index (Phi) is 6.81. The Hall–Kier alpha value is -2.67. The van der Waals surface area contributed by atoms with Gasteiger partial charge in [0.15, 0.2) is 0 Å². The van der Waals surface area contributed by atoms with Crippen LogP contribution in [0.15, 0.2) is 60.8 Å². The number of nitrogens with one attached hydrogen (secondary N) is 1. The van der Waals surface area contributed by atoms with E-state index in [1.165, 1.54) is 18.9 Å².